The maximum atomic E-state index is 14.4. The molecule has 1 fully saturated rings. The monoisotopic (exact) mass is 336 g/mol. The molecule has 8 nitrogen and oxygen atoms in total. The summed E-state index contributed by atoms with van der Waals surface area (Å²) in [5.41, 5.74) is 0.766. The molecule has 2 aromatic rings. The molecule has 128 valence electrons. The third kappa shape index (κ3) is 3.02. The summed E-state index contributed by atoms with van der Waals surface area (Å²) in [6.07, 6.45) is 3.31. The van der Waals surface area contributed by atoms with Crippen LogP contribution in [0.5, 0.6) is 5.75 Å². The summed E-state index contributed by atoms with van der Waals surface area (Å²) < 4.78 is 26.8. The van der Waals surface area contributed by atoms with Crippen LogP contribution in [0.15, 0.2) is 24.5 Å². The van der Waals surface area contributed by atoms with Crippen LogP contribution in [0.3, 0.4) is 0 Å². The van der Waals surface area contributed by atoms with E-state index < -0.39 is 16.4 Å². The molecule has 1 aliphatic heterocycles. The fraction of sp³-hybridized carbons (Fsp3) is 0.400. The van der Waals surface area contributed by atoms with E-state index in [-0.39, 0.29) is 17.5 Å². The minimum absolute atomic E-state index is 0.0285. The zero-order chi connectivity index (χ0) is 17.3. The number of aryl methyl sites for hydroxylation is 1. The van der Waals surface area contributed by atoms with Crippen LogP contribution >= 0.6 is 0 Å². The Bertz CT molecular complexity index is 764. The number of nitrogens with zero attached hydrogens (tertiary/aromatic N) is 4. The second-order valence-electron chi connectivity index (χ2n) is 5.49. The Balaban J connectivity index is 1.89. The molecular formula is C15H17FN4O4. The standard InChI is InChI=1S/C15H17FN4O4/c1-18-8-10(7-17-18)15-9-19(3-4-24-15)12-6-14(23-2)13(20(21)22)5-11(12)16/h5-8,15H,3-4,9H2,1-2H3/t15-/m1/s1. The first-order valence-corrected chi connectivity index (χ1v) is 7.36. The Morgan fingerprint density at radius 3 is 2.92 bits per heavy atom. The minimum Gasteiger partial charge on any atom is -0.490 e. The van der Waals surface area contributed by atoms with Crippen molar-refractivity contribution in [2.75, 3.05) is 31.7 Å². The van der Waals surface area contributed by atoms with Crippen molar-refractivity contribution in [2.45, 2.75) is 6.10 Å². The summed E-state index contributed by atoms with van der Waals surface area (Å²) in [7, 11) is 3.13. The van der Waals surface area contributed by atoms with Crippen molar-refractivity contribution in [1.82, 2.24) is 9.78 Å². The average Bonchev–Trinajstić information content (AvgIpc) is 3.01. The van der Waals surface area contributed by atoms with Gasteiger partial charge in [0, 0.05) is 38.0 Å². The molecule has 3 rings (SSSR count). The lowest BCUT2D eigenvalue weighted by molar-refractivity contribution is -0.385. The first-order valence-electron chi connectivity index (χ1n) is 7.36. The Morgan fingerprint density at radius 1 is 1.50 bits per heavy atom. The van der Waals surface area contributed by atoms with Crippen LogP contribution in [0.25, 0.3) is 0 Å². The van der Waals surface area contributed by atoms with Gasteiger partial charge in [0.15, 0.2) is 11.6 Å². The van der Waals surface area contributed by atoms with Crippen molar-refractivity contribution in [1.29, 1.82) is 0 Å². The van der Waals surface area contributed by atoms with Crippen molar-refractivity contribution in [3.8, 4) is 5.75 Å². The van der Waals surface area contributed by atoms with Crippen molar-refractivity contribution in [3.63, 3.8) is 0 Å². The van der Waals surface area contributed by atoms with Gasteiger partial charge in [-0.1, -0.05) is 0 Å². The van der Waals surface area contributed by atoms with Crippen LogP contribution in [0.4, 0.5) is 15.8 Å². The lowest BCUT2D eigenvalue weighted by Crippen LogP contribution is -2.38. The number of ether oxygens (including phenoxy) is 2. The highest BCUT2D eigenvalue weighted by molar-refractivity contribution is 5.60. The van der Waals surface area contributed by atoms with E-state index in [1.54, 1.807) is 15.8 Å². The van der Waals surface area contributed by atoms with E-state index in [0.717, 1.165) is 11.6 Å². The SMILES string of the molecule is COc1cc(N2CCO[C@@H](c3cnn(C)c3)C2)c(F)cc1[N+](=O)[O-]. The van der Waals surface area contributed by atoms with Crippen molar-refractivity contribution >= 4 is 11.4 Å². The molecule has 1 atom stereocenters. The van der Waals surface area contributed by atoms with Gasteiger partial charge in [0.25, 0.3) is 0 Å². The summed E-state index contributed by atoms with van der Waals surface area (Å²) in [4.78, 5) is 12.1. The van der Waals surface area contributed by atoms with Crippen molar-refractivity contribution < 1.29 is 18.8 Å². The summed E-state index contributed by atoms with van der Waals surface area (Å²) in [6, 6.07) is 2.25. The molecule has 0 spiro atoms. The first-order chi connectivity index (χ1) is 11.5. The Kier molecular flexibility index (Phi) is 4.34. The summed E-state index contributed by atoms with van der Waals surface area (Å²) >= 11 is 0. The van der Waals surface area contributed by atoms with E-state index >= 15 is 0 Å². The topological polar surface area (TPSA) is 82.7 Å². The van der Waals surface area contributed by atoms with Crippen LogP contribution in [0, 0.1) is 15.9 Å². The number of nitro benzene ring substituents is 1. The van der Waals surface area contributed by atoms with Crippen LogP contribution in [0.1, 0.15) is 11.7 Å². The van der Waals surface area contributed by atoms with Crippen molar-refractivity contribution in [3.05, 3.63) is 46.0 Å². The fourth-order valence-corrected chi connectivity index (χ4v) is 2.76. The van der Waals surface area contributed by atoms with E-state index in [2.05, 4.69) is 5.10 Å². The smallest absolute Gasteiger partial charge is 0.313 e. The molecule has 1 aromatic carbocycles. The van der Waals surface area contributed by atoms with E-state index in [9.17, 15) is 14.5 Å². The van der Waals surface area contributed by atoms with Gasteiger partial charge < -0.3 is 14.4 Å². The van der Waals surface area contributed by atoms with Crippen LogP contribution in [0.2, 0.25) is 0 Å². The number of hydrogen-bond donors (Lipinski definition) is 0. The quantitative estimate of drug-likeness (QED) is 0.628. The summed E-state index contributed by atoms with van der Waals surface area (Å²) in [6.45, 7) is 1.32. The van der Waals surface area contributed by atoms with Crippen LogP contribution < -0.4 is 9.64 Å². The Morgan fingerprint density at radius 2 is 2.29 bits per heavy atom. The highest BCUT2D eigenvalue weighted by Gasteiger charge is 2.27. The molecule has 0 N–H and O–H groups in total. The lowest BCUT2D eigenvalue weighted by Gasteiger charge is -2.34. The summed E-state index contributed by atoms with van der Waals surface area (Å²) in [5, 5.41) is 15.1. The molecule has 1 aliphatic rings. The van der Waals surface area contributed by atoms with Gasteiger partial charge in [-0.15, -0.1) is 0 Å². The number of morpholine rings is 1. The zero-order valence-electron chi connectivity index (χ0n) is 13.3. The van der Waals surface area contributed by atoms with Gasteiger partial charge in [-0.05, 0) is 0 Å². The van der Waals surface area contributed by atoms with E-state index in [1.165, 1.54) is 13.2 Å². The Labute approximate surface area is 137 Å². The van der Waals surface area contributed by atoms with E-state index in [4.69, 9.17) is 9.47 Å². The van der Waals surface area contributed by atoms with Gasteiger partial charge in [-0.2, -0.15) is 5.10 Å². The van der Waals surface area contributed by atoms with E-state index in [0.29, 0.717) is 19.7 Å². The fourth-order valence-electron chi connectivity index (χ4n) is 2.76. The molecule has 1 saturated heterocycles. The maximum absolute atomic E-state index is 14.4. The van der Waals surface area contributed by atoms with Crippen LogP contribution in [-0.2, 0) is 11.8 Å². The predicted octanol–water partition coefficient (Wildman–Crippen LogP) is 2.05. The number of aromatic nitrogens is 2. The number of nitro groups is 1. The Hall–Kier alpha value is -2.68. The minimum atomic E-state index is -0.663. The molecule has 2 heterocycles. The number of rotatable bonds is 4. The van der Waals surface area contributed by atoms with Gasteiger partial charge in [-0.25, -0.2) is 4.39 Å². The number of benzene rings is 1. The average molecular weight is 336 g/mol. The van der Waals surface area contributed by atoms with Gasteiger partial charge in [0.1, 0.15) is 6.10 Å². The second kappa shape index (κ2) is 6.44. The largest absolute Gasteiger partial charge is 0.490 e. The number of halogens is 1. The zero-order valence-corrected chi connectivity index (χ0v) is 13.3. The number of methoxy groups -OCH3 is 1. The maximum Gasteiger partial charge on any atom is 0.313 e. The molecule has 0 aliphatic carbocycles. The number of anilines is 1. The summed E-state index contributed by atoms with van der Waals surface area (Å²) in [5.74, 6) is -0.629. The second-order valence-corrected chi connectivity index (χ2v) is 5.49. The van der Waals surface area contributed by atoms with E-state index in [1.807, 2.05) is 13.2 Å². The van der Waals surface area contributed by atoms with Crippen molar-refractivity contribution in [2.24, 2.45) is 7.05 Å². The van der Waals surface area contributed by atoms with Gasteiger partial charge in [0.2, 0.25) is 0 Å². The number of hydrogen-bond acceptors (Lipinski definition) is 6. The molecule has 24 heavy (non-hydrogen) atoms. The molecular weight excluding hydrogens is 319 g/mol. The molecule has 0 bridgehead atoms. The normalized spacial score (nSPS) is 17.8. The molecule has 0 radical (unpaired) electrons. The van der Waals surface area contributed by atoms with Gasteiger partial charge in [-0.3, -0.25) is 14.8 Å². The van der Waals surface area contributed by atoms with Crippen LogP contribution in [-0.4, -0.2) is 41.5 Å². The third-order valence-corrected chi connectivity index (χ3v) is 3.95. The molecule has 9 heteroatoms. The molecule has 0 amide bonds. The highest BCUT2D eigenvalue weighted by Crippen LogP contribution is 2.35. The van der Waals surface area contributed by atoms with Gasteiger partial charge >= 0.3 is 5.69 Å². The third-order valence-electron chi connectivity index (χ3n) is 3.95. The molecule has 1 aromatic heterocycles. The lowest BCUT2D eigenvalue weighted by atomic mass is 10.1. The highest BCUT2D eigenvalue weighted by atomic mass is 19.1. The predicted molar refractivity (Wildman–Crippen MR) is 83.7 cm³/mol. The first kappa shape index (κ1) is 16.2. The molecule has 0 unspecified atom stereocenters. The van der Waals surface area contributed by atoms with Gasteiger partial charge in [0.05, 0.1) is 36.6 Å². The molecule has 0 saturated carbocycles.